The Bertz CT molecular complexity index is 76.6. The van der Waals surface area contributed by atoms with Crippen molar-refractivity contribution >= 4 is 6.29 Å². The van der Waals surface area contributed by atoms with E-state index >= 15 is 0 Å². The first-order valence-corrected chi connectivity index (χ1v) is 2.99. The van der Waals surface area contributed by atoms with Crippen LogP contribution < -0.4 is 5.32 Å². The summed E-state index contributed by atoms with van der Waals surface area (Å²) < 4.78 is 0. The summed E-state index contributed by atoms with van der Waals surface area (Å²) in [6.07, 6.45) is 3.69. The maximum absolute atomic E-state index is 9.81. The molecule has 1 rings (SSSR count). The second-order valence-corrected chi connectivity index (χ2v) is 2.21. The van der Waals surface area contributed by atoms with Crippen molar-refractivity contribution in [1.29, 1.82) is 0 Å². The van der Waals surface area contributed by atoms with Crippen molar-refractivity contribution in [3.63, 3.8) is 0 Å². The van der Waals surface area contributed by atoms with Crippen LogP contribution in [0.25, 0.3) is 0 Å². The fraction of sp³-hybridized carbons (Fsp3) is 0.833. The third-order valence-corrected chi connectivity index (χ3v) is 1.53. The molecule has 1 N–H and O–H groups in total. The molecule has 1 radical (unpaired) electrons. The van der Waals surface area contributed by atoms with Crippen molar-refractivity contribution in [2.24, 2.45) is 5.92 Å². The quantitative estimate of drug-likeness (QED) is 0.548. The topological polar surface area (TPSA) is 29.1 Å². The van der Waals surface area contributed by atoms with Crippen molar-refractivity contribution < 1.29 is 4.79 Å². The lowest BCUT2D eigenvalue weighted by atomic mass is 10.1. The molecule has 1 aliphatic rings. The summed E-state index contributed by atoms with van der Waals surface area (Å²) >= 11 is 0. The van der Waals surface area contributed by atoms with Gasteiger partial charge < -0.3 is 5.32 Å². The van der Waals surface area contributed by atoms with E-state index in [1.165, 1.54) is 0 Å². The van der Waals surface area contributed by atoms with E-state index in [2.05, 4.69) is 5.32 Å². The van der Waals surface area contributed by atoms with Crippen molar-refractivity contribution in [3.8, 4) is 0 Å². The Morgan fingerprint density at radius 1 is 1.75 bits per heavy atom. The SMILES string of the molecule is O=[C]CC1CCNC1. The Morgan fingerprint density at radius 2 is 2.62 bits per heavy atom. The molecule has 0 spiro atoms. The third kappa shape index (κ3) is 1.30. The Hall–Kier alpha value is -0.370. The predicted molar refractivity (Wildman–Crippen MR) is 31.3 cm³/mol. The Labute approximate surface area is 49.3 Å². The predicted octanol–water partition coefficient (Wildman–Crippen LogP) is 0.0957. The highest BCUT2D eigenvalue weighted by Gasteiger charge is 2.12. The number of nitrogens with one attached hydrogen (secondary N) is 1. The molecule has 0 aromatic rings. The molecule has 2 nitrogen and oxygen atoms in total. The van der Waals surface area contributed by atoms with E-state index in [4.69, 9.17) is 0 Å². The maximum atomic E-state index is 9.81. The summed E-state index contributed by atoms with van der Waals surface area (Å²) in [4.78, 5) is 9.81. The van der Waals surface area contributed by atoms with E-state index < -0.39 is 0 Å². The lowest BCUT2D eigenvalue weighted by Gasteiger charge is -1.97. The van der Waals surface area contributed by atoms with Crippen molar-refractivity contribution in [2.75, 3.05) is 13.1 Å². The van der Waals surface area contributed by atoms with Crippen LogP contribution in [0.2, 0.25) is 0 Å². The van der Waals surface area contributed by atoms with E-state index in [1.54, 1.807) is 0 Å². The highest BCUT2D eigenvalue weighted by molar-refractivity contribution is 5.50. The van der Waals surface area contributed by atoms with Crippen LogP contribution in [0.1, 0.15) is 12.8 Å². The minimum atomic E-state index is 0.576. The van der Waals surface area contributed by atoms with Crippen LogP contribution >= 0.6 is 0 Å². The van der Waals surface area contributed by atoms with Crippen LogP contribution in [-0.4, -0.2) is 19.4 Å². The monoisotopic (exact) mass is 112 g/mol. The van der Waals surface area contributed by atoms with Crippen molar-refractivity contribution in [2.45, 2.75) is 12.8 Å². The van der Waals surface area contributed by atoms with Gasteiger partial charge >= 0.3 is 0 Å². The van der Waals surface area contributed by atoms with Gasteiger partial charge in [0, 0.05) is 6.42 Å². The first-order valence-electron chi connectivity index (χ1n) is 2.99. The molecule has 45 valence electrons. The van der Waals surface area contributed by atoms with E-state index in [-0.39, 0.29) is 0 Å². The fourth-order valence-electron chi connectivity index (χ4n) is 1.01. The highest BCUT2D eigenvalue weighted by Crippen LogP contribution is 2.09. The average Bonchev–Trinajstić information content (AvgIpc) is 2.19. The average molecular weight is 112 g/mol. The molecular weight excluding hydrogens is 102 g/mol. The lowest BCUT2D eigenvalue weighted by Crippen LogP contribution is -2.08. The number of hydrogen-bond acceptors (Lipinski definition) is 2. The molecule has 1 unspecified atom stereocenters. The molecule has 8 heavy (non-hydrogen) atoms. The molecule has 0 aliphatic carbocycles. The first kappa shape index (κ1) is 5.76. The Balaban J connectivity index is 2.14. The Morgan fingerprint density at radius 3 is 3.12 bits per heavy atom. The van der Waals surface area contributed by atoms with Crippen LogP contribution in [0.15, 0.2) is 0 Å². The molecule has 1 atom stereocenters. The summed E-state index contributed by atoms with van der Waals surface area (Å²) in [5, 5.41) is 3.18. The fourth-order valence-corrected chi connectivity index (χ4v) is 1.01. The van der Waals surface area contributed by atoms with Gasteiger partial charge in [-0.15, -0.1) is 0 Å². The van der Waals surface area contributed by atoms with Gasteiger partial charge in [0.1, 0.15) is 0 Å². The standard InChI is InChI=1S/C6H10NO/c8-4-2-6-1-3-7-5-6/h6-7H,1-3,5H2. The molecule has 1 heterocycles. The first-order chi connectivity index (χ1) is 3.93. The molecule has 0 aromatic carbocycles. The normalized spacial score (nSPS) is 28.2. The van der Waals surface area contributed by atoms with Gasteiger partial charge in [0.2, 0.25) is 0 Å². The zero-order chi connectivity index (χ0) is 5.82. The summed E-state index contributed by atoms with van der Waals surface area (Å²) in [5.74, 6) is 0.576. The van der Waals surface area contributed by atoms with Gasteiger partial charge in [-0.2, -0.15) is 0 Å². The van der Waals surface area contributed by atoms with E-state index in [1.807, 2.05) is 6.29 Å². The lowest BCUT2D eigenvalue weighted by molar-refractivity contribution is 0.522. The van der Waals surface area contributed by atoms with Gasteiger partial charge in [-0.05, 0) is 25.4 Å². The summed E-state index contributed by atoms with van der Waals surface area (Å²) in [6.45, 7) is 2.08. The molecule has 0 aromatic heterocycles. The number of hydrogen-bond donors (Lipinski definition) is 1. The zero-order valence-corrected chi connectivity index (χ0v) is 4.81. The van der Waals surface area contributed by atoms with Gasteiger partial charge in [-0.3, -0.25) is 4.79 Å². The molecule has 0 bridgehead atoms. The summed E-state index contributed by atoms with van der Waals surface area (Å²) in [7, 11) is 0. The van der Waals surface area contributed by atoms with Crippen molar-refractivity contribution in [3.05, 3.63) is 0 Å². The third-order valence-electron chi connectivity index (χ3n) is 1.53. The van der Waals surface area contributed by atoms with Crippen LogP contribution in [0.4, 0.5) is 0 Å². The molecule has 1 aliphatic heterocycles. The van der Waals surface area contributed by atoms with Gasteiger partial charge in [-0.25, -0.2) is 0 Å². The van der Waals surface area contributed by atoms with Gasteiger partial charge in [0.25, 0.3) is 0 Å². The van der Waals surface area contributed by atoms with Crippen LogP contribution in [0.3, 0.4) is 0 Å². The maximum Gasteiger partial charge on any atom is 0.198 e. The van der Waals surface area contributed by atoms with Crippen molar-refractivity contribution in [1.82, 2.24) is 5.32 Å². The molecule has 1 saturated heterocycles. The summed E-state index contributed by atoms with van der Waals surface area (Å²) in [6, 6.07) is 0. The minimum Gasteiger partial charge on any atom is -0.316 e. The van der Waals surface area contributed by atoms with Crippen LogP contribution in [0.5, 0.6) is 0 Å². The summed E-state index contributed by atoms with van der Waals surface area (Å²) in [5.41, 5.74) is 0. The second-order valence-electron chi connectivity index (χ2n) is 2.21. The van der Waals surface area contributed by atoms with Crippen LogP contribution in [0, 0.1) is 5.92 Å². The molecule has 2 heteroatoms. The zero-order valence-electron chi connectivity index (χ0n) is 4.81. The Kier molecular flexibility index (Phi) is 2.03. The van der Waals surface area contributed by atoms with Gasteiger partial charge in [0.05, 0.1) is 0 Å². The molecule has 0 amide bonds. The molecule has 1 fully saturated rings. The number of rotatable bonds is 2. The highest BCUT2D eigenvalue weighted by atomic mass is 16.1. The largest absolute Gasteiger partial charge is 0.316 e. The van der Waals surface area contributed by atoms with E-state index in [0.29, 0.717) is 12.3 Å². The van der Waals surface area contributed by atoms with Gasteiger partial charge in [0.15, 0.2) is 6.29 Å². The van der Waals surface area contributed by atoms with E-state index in [9.17, 15) is 4.79 Å². The number of carbonyl (C=O) groups excluding carboxylic acids is 1. The van der Waals surface area contributed by atoms with Crippen LogP contribution in [-0.2, 0) is 4.79 Å². The second kappa shape index (κ2) is 2.82. The molecule has 0 saturated carbocycles. The molecular formula is C6H10NO. The minimum absolute atomic E-state index is 0.576. The van der Waals surface area contributed by atoms with E-state index in [0.717, 1.165) is 19.5 Å². The smallest absolute Gasteiger partial charge is 0.198 e. The van der Waals surface area contributed by atoms with Gasteiger partial charge in [-0.1, -0.05) is 0 Å².